The number of benzene rings is 1. The van der Waals surface area contributed by atoms with Crippen LogP contribution in [0.1, 0.15) is 11.3 Å². The Labute approximate surface area is 119 Å². The Hall–Kier alpha value is -2.08. The van der Waals surface area contributed by atoms with Crippen molar-refractivity contribution >= 4 is 28.6 Å². The van der Waals surface area contributed by atoms with Crippen molar-refractivity contribution in [3.8, 4) is 0 Å². The molecule has 2 N–H and O–H groups in total. The lowest BCUT2D eigenvalue weighted by Gasteiger charge is -2.06. The van der Waals surface area contributed by atoms with Crippen LogP contribution in [0.2, 0.25) is 5.02 Å². The van der Waals surface area contributed by atoms with Crippen molar-refractivity contribution in [1.82, 2.24) is 19.3 Å². The molecule has 2 aromatic heterocycles. The van der Waals surface area contributed by atoms with E-state index in [4.69, 9.17) is 17.3 Å². The standard InChI is InChI=1S/C13H13ClFN5/c1-7-8(5-17-19(7)2)6-20-12-3-9(14)10(15)4-11(12)18-13(20)16/h3-5H,6H2,1-2H3,(H2,16,18). The quantitative estimate of drug-likeness (QED) is 0.789. The highest BCUT2D eigenvalue weighted by Crippen LogP contribution is 2.25. The molecule has 0 aliphatic rings. The summed E-state index contributed by atoms with van der Waals surface area (Å²) in [7, 11) is 1.88. The minimum atomic E-state index is -0.499. The van der Waals surface area contributed by atoms with Crippen LogP contribution in [0.5, 0.6) is 0 Å². The van der Waals surface area contributed by atoms with Crippen molar-refractivity contribution in [2.75, 3.05) is 5.73 Å². The summed E-state index contributed by atoms with van der Waals surface area (Å²) in [6.45, 7) is 2.49. The van der Waals surface area contributed by atoms with E-state index in [-0.39, 0.29) is 5.02 Å². The molecule has 0 aliphatic heterocycles. The fourth-order valence-corrected chi connectivity index (χ4v) is 2.33. The highest BCUT2D eigenvalue weighted by molar-refractivity contribution is 6.31. The van der Waals surface area contributed by atoms with Gasteiger partial charge in [-0.05, 0) is 13.0 Å². The Balaban J connectivity index is 2.13. The summed E-state index contributed by atoms with van der Waals surface area (Å²) in [6.07, 6.45) is 1.78. The summed E-state index contributed by atoms with van der Waals surface area (Å²) in [5.74, 6) is -0.175. The van der Waals surface area contributed by atoms with E-state index in [1.807, 2.05) is 14.0 Å². The zero-order chi connectivity index (χ0) is 14.4. The number of anilines is 1. The maximum Gasteiger partial charge on any atom is 0.201 e. The number of imidazole rings is 1. The Morgan fingerprint density at radius 2 is 2.15 bits per heavy atom. The van der Waals surface area contributed by atoms with Crippen LogP contribution >= 0.6 is 11.6 Å². The van der Waals surface area contributed by atoms with Gasteiger partial charge in [-0.3, -0.25) is 4.68 Å². The first kappa shape index (κ1) is 12.9. The SMILES string of the molecule is Cc1c(Cn2c(N)nc3cc(F)c(Cl)cc32)cnn1C. The second-order valence-electron chi connectivity index (χ2n) is 4.69. The van der Waals surface area contributed by atoms with E-state index in [0.717, 1.165) is 11.3 Å². The molecular formula is C13H13ClFN5. The Bertz CT molecular complexity index is 805. The third-order valence-corrected chi connectivity index (χ3v) is 3.77. The van der Waals surface area contributed by atoms with Crippen LogP contribution in [0.25, 0.3) is 11.0 Å². The second-order valence-corrected chi connectivity index (χ2v) is 5.10. The lowest BCUT2D eigenvalue weighted by molar-refractivity contribution is 0.629. The van der Waals surface area contributed by atoms with E-state index in [2.05, 4.69) is 10.1 Å². The molecule has 5 nitrogen and oxygen atoms in total. The van der Waals surface area contributed by atoms with Crippen LogP contribution in [0.3, 0.4) is 0 Å². The Morgan fingerprint density at radius 3 is 2.80 bits per heavy atom. The number of nitrogen functional groups attached to an aromatic ring is 1. The van der Waals surface area contributed by atoms with Crippen molar-refractivity contribution in [2.45, 2.75) is 13.5 Å². The normalized spacial score (nSPS) is 11.4. The van der Waals surface area contributed by atoms with Crippen LogP contribution in [-0.2, 0) is 13.6 Å². The third kappa shape index (κ3) is 1.92. The average Bonchev–Trinajstić information content (AvgIpc) is 2.86. The number of hydrogen-bond acceptors (Lipinski definition) is 3. The average molecular weight is 294 g/mol. The zero-order valence-electron chi connectivity index (χ0n) is 11.1. The highest BCUT2D eigenvalue weighted by atomic mass is 35.5. The lowest BCUT2D eigenvalue weighted by atomic mass is 10.2. The molecule has 20 heavy (non-hydrogen) atoms. The van der Waals surface area contributed by atoms with E-state index in [0.29, 0.717) is 23.5 Å². The van der Waals surface area contributed by atoms with E-state index < -0.39 is 5.82 Å². The van der Waals surface area contributed by atoms with E-state index in [1.54, 1.807) is 21.5 Å². The van der Waals surface area contributed by atoms with Crippen LogP contribution in [0.4, 0.5) is 10.3 Å². The van der Waals surface area contributed by atoms with Gasteiger partial charge in [0.2, 0.25) is 5.95 Å². The molecule has 0 saturated heterocycles. The van der Waals surface area contributed by atoms with E-state index >= 15 is 0 Å². The molecule has 7 heteroatoms. The Kier molecular flexibility index (Phi) is 2.90. The number of hydrogen-bond donors (Lipinski definition) is 1. The summed E-state index contributed by atoms with van der Waals surface area (Å²) in [6, 6.07) is 2.84. The van der Waals surface area contributed by atoms with Gasteiger partial charge >= 0.3 is 0 Å². The van der Waals surface area contributed by atoms with Gasteiger partial charge in [0.15, 0.2) is 0 Å². The fraction of sp³-hybridized carbons (Fsp3) is 0.231. The summed E-state index contributed by atoms with van der Waals surface area (Å²) >= 11 is 5.83. The third-order valence-electron chi connectivity index (χ3n) is 3.49. The van der Waals surface area contributed by atoms with Gasteiger partial charge in [0.1, 0.15) is 5.82 Å². The van der Waals surface area contributed by atoms with Crippen molar-refractivity contribution in [1.29, 1.82) is 0 Å². The van der Waals surface area contributed by atoms with E-state index in [1.165, 1.54) is 6.07 Å². The lowest BCUT2D eigenvalue weighted by Crippen LogP contribution is -2.05. The highest BCUT2D eigenvalue weighted by Gasteiger charge is 2.14. The number of aromatic nitrogens is 4. The van der Waals surface area contributed by atoms with Crippen molar-refractivity contribution < 1.29 is 4.39 Å². The minimum absolute atomic E-state index is 0.0570. The van der Waals surface area contributed by atoms with Crippen LogP contribution in [0.15, 0.2) is 18.3 Å². The van der Waals surface area contributed by atoms with Crippen molar-refractivity contribution in [3.63, 3.8) is 0 Å². The molecule has 0 radical (unpaired) electrons. The van der Waals surface area contributed by atoms with Gasteiger partial charge in [-0.2, -0.15) is 5.10 Å². The predicted molar refractivity (Wildman–Crippen MR) is 76.2 cm³/mol. The molecule has 0 fully saturated rings. The first-order chi connectivity index (χ1) is 9.47. The number of nitrogens with zero attached hydrogens (tertiary/aromatic N) is 4. The number of halogens is 2. The Morgan fingerprint density at radius 1 is 1.40 bits per heavy atom. The molecule has 0 spiro atoms. The summed E-state index contributed by atoms with van der Waals surface area (Å²) in [4.78, 5) is 4.16. The molecule has 0 aliphatic carbocycles. The predicted octanol–water partition coefficient (Wildman–Crippen LogP) is 2.50. The molecule has 1 aromatic carbocycles. The molecule has 3 rings (SSSR count). The van der Waals surface area contributed by atoms with E-state index in [9.17, 15) is 4.39 Å². The van der Waals surface area contributed by atoms with Crippen LogP contribution in [0, 0.1) is 12.7 Å². The minimum Gasteiger partial charge on any atom is -0.369 e. The number of fused-ring (bicyclic) bond motifs is 1. The second kappa shape index (κ2) is 4.49. The topological polar surface area (TPSA) is 61.7 Å². The van der Waals surface area contributed by atoms with Gasteiger partial charge in [0, 0.05) is 24.4 Å². The van der Waals surface area contributed by atoms with Gasteiger partial charge in [0.25, 0.3) is 0 Å². The molecular weight excluding hydrogens is 281 g/mol. The van der Waals surface area contributed by atoms with Crippen LogP contribution < -0.4 is 5.73 Å². The number of nitrogens with two attached hydrogens (primary N) is 1. The first-order valence-electron chi connectivity index (χ1n) is 6.05. The number of aryl methyl sites for hydroxylation is 1. The monoisotopic (exact) mass is 293 g/mol. The van der Waals surface area contributed by atoms with Gasteiger partial charge in [-0.1, -0.05) is 11.6 Å². The summed E-state index contributed by atoms with van der Waals surface area (Å²) in [5, 5.41) is 4.25. The fourth-order valence-electron chi connectivity index (χ4n) is 2.17. The van der Waals surface area contributed by atoms with Crippen molar-refractivity contribution in [2.24, 2.45) is 7.05 Å². The molecule has 0 amide bonds. The van der Waals surface area contributed by atoms with Gasteiger partial charge in [-0.15, -0.1) is 0 Å². The number of rotatable bonds is 2. The summed E-state index contributed by atoms with van der Waals surface area (Å²) in [5.41, 5.74) is 9.18. The molecule has 0 bridgehead atoms. The van der Waals surface area contributed by atoms with Gasteiger partial charge in [0.05, 0.1) is 28.8 Å². The maximum atomic E-state index is 13.4. The van der Waals surface area contributed by atoms with Crippen molar-refractivity contribution in [3.05, 3.63) is 40.4 Å². The molecule has 0 saturated carbocycles. The largest absolute Gasteiger partial charge is 0.369 e. The first-order valence-corrected chi connectivity index (χ1v) is 6.43. The molecule has 0 unspecified atom stereocenters. The zero-order valence-corrected chi connectivity index (χ0v) is 11.8. The molecule has 104 valence electrons. The van der Waals surface area contributed by atoms with Crippen LogP contribution in [-0.4, -0.2) is 19.3 Å². The molecule has 2 heterocycles. The molecule has 3 aromatic rings. The van der Waals surface area contributed by atoms with Gasteiger partial charge in [-0.25, -0.2) is 9.37 Å². The smallest absolute Gasteiger partial charge is 0.201 e. The maximum absolute atomic E-state index is 13.4. The summed E-state index contributed by atoms with van der Waals surface area (Å²) < 4.78 is 17.0. The molecule has 0 atom stereocenters. The van der Waals surface area contributed by atoms with Gasteiger partial charge < -0.3 is 10.3 Å².